The maximum Gasteiger partial charge on any atom is 0.142 e. The molecule has 0 bridgehead atoms. The van der Waals surface area contributed by atoms with E-state index < -0.39 is 0 Å². The van der Waals surface area contributed by atoms with E-state index in [-0.39, 0.29) is 10.8 Å². The first kappa shape index (κ1) is 16.1. The Balaban J connectivity index is 1.60. The molecule has 2 aliphatic rings. The Morgan fingerprint density at radius 3 is 2.68 bits per heavy atom. The van der Waals surface area contributed by atoms with Gasteiger partial charge in [0.2, 0.25) is 0 Å². The van der Waals surface area contributed by atoms with Crippen LogP contribution < -0.4 is 0 Å². The largest absolute Gasteiger partial charge is 0.205 e. The molecular weight excluding hydrogens is 295 g/mol. The molecule has 0 amide bonds. The van der Waals surface area contributed by atoms with Gasteiger partial charge in [-0.3, -0.25) is 0 Å². The first-order valence-electron chi connectivity index (χ1n) is 8.73. The van der Waals surface area contributed by atoms with Gasteiger partial charge in [-0.2, -0.15) is 0 Å². The summed E-state index contributed by atoms with van der Waals surface area (Å²) in [5.41, 5.74) is 1.15. The quantitative estimate of drug-likeness (QED) is 0.538. The molecule has 0 saturated heterocycles. The van der Waals surface area contributed by atoms with Crippen LogP contribution in [-0.2, 0) is 0 Å². The van der Waals surface area contributed by atoms with Gasteiger partial charge in [0.15, 0.2) is 0 Å². The summed E-state index contributed by atoms with van der Waals surface area (Å²) >= 11 is 5.81. The van der Waals surface area contributed by atoms with E-state index >= 15 is 0 Å². The molecule has 1 aromatic carbocycles. The molecule has 3 rings (SSSR count). The molecule has 0 nitrogen and oxygen atoms in total. The zero-order valence-electron chi connectivity index (χ0n) is 13.2. The second kappa shape index (κ2) is 7.17. The lowest BCUT2D eigenvalue weighted by molar-refractivity contribution is 0.115. The maximum absolute atomic E-state index is 13.7. The number of fused-ring (bicyclic) bond motifs is 1. The van der Waals surface area contributed by atoms with Crippen molar-refractivity contribution in [1.82, 2.24) is 0 Å². The van der Waals surface area contributed by atoms with Crippen molar-refractivity contribution in [2.45, 2.75) is 57.3 Å². The molecule has 4 unspecified atom stereocenters. The fraction of sp³-hybridized carbons (Fsp3) is 0.600. The van der Waals surface area contributed by atoms with Crippen LogP contribution in [0.3, 0.4) is 0 Å². The molecule has 0 spiro atoms. The lowest BCUT2D eigenvalue weighted by Crippen LogP contribution is -2.30. The Labute approximate surface area is 138 Å². The van der Waals surface area contributed by atoms with Crippen molar-refractivity contribution >= 4 is 11.6 Å². The van der Waals surface area contributed by atoms with Crippen LogP contribution in [0.4, 0.5) is 4.39 Å². The highest BCUT2D eigenvalue weighted by Crippen LogP contribution is 2.48. The molecule has 120 valence electrons. The summed E-state index contributed by atoms with van der Waals surface area (Å²) in [4.78, 5) is 0. The van der Waals surface area contributed by atoms with Crippen molar-refractivity contribution in [3.05, 3.63) is 47.3 Å². The third-order valence-corrected chi connectivity index (χ3v) is 6.22. The van der Waals surface area contributed by atoms with Gasteiger partial charge < -0.3 is 0 Å². The Morgan fingerprint density at radius 2 is 1.91 bits per heavy atom. The summed E-state index contributed by atoms with van der Waals surface area (Å²) in [5.74, 6) is 2.91. The molecule has 2 heteroatoms. The van der Waals surface area contributed by atoms with Crippen molar-refractivity contribution in [2.75, 3.05) is 0 Å². The van der Waals surface area contributed by atoms with Gasteiger partial charge >= 0.3 is 0 Å². The molecule has 2 aliphatic carbocycles. The lowest BCUT2D eigenvalue weighted by atomic mass is 9.63. The van der Waals surface area contributed by atoms with Gasteiger partial charge in [0, 0.05) is 0 Å². The van der Waals surface area contributed by atoms with Crippen LogP contribution in [0.25, 0.3) is 0 Å². The van der Waals surface area contributed by atoms with Gasteiger partial charge in [0.1, 0.15) is 5.82 Å². The molecule has 0 heterocycles. The van der Waals surface area contributed by atoms with Crippen LogP contribution in [-0.4, -0.2) is 0 Å². The smallest absolute Gasteiger partial charge is 0.142 e. The molecule has 0 radical (unpaired) electrons. The van der Waals surface area contributed by atoms with Gasteiger partial charge in [-0.15, -0.1) is 6.58 Å². The summed E-state index contributed by atoms with van der Waals surface area (Å²) in [6.45, 7) is 3.84. The van der Waals surface area contributed by atoms with Crippen molar-refractivity contribution in [2.24, 2.45) is 17.8 Å². The zero-order chi connectivity index (χ0) is 15.5. The van der Waals surface area contributed by atoms with Crippen LogP contribution in [0.5, 0.6) is 0 Å². The Hall–Kier alpha value is -0.820. The predicted molar refractivity (Wildman–Crippen MR) is 91.8 cm³/mol. The first-order valence-corrected chi connectivity index (χ1v) is 9.11. The van der Waals surface area contributed by atoms with Gasteiger partial charge in [-0.1, -0.05) is 30.2 Å². The van der Waals surface area contributed by atoms with Crippen molar-refractivity contribution < 1.29 is 4.39 Å². The van der Waals surface area contributed by atoms with Gasteiger partial charge in [-0.05, 0) is 86.3 Å². The van der Waals surface area contributed by atoms with E-state index in [1.54, 1.807) is 12.1 Å². The van der Waals surface area contributed by atoms with Gasteiger partial charge in [0.25, 0.3) is 0 Å². The van der Waals surface area contributed by atoms with Crippen LogP contribution in [0, 0.1) is 23.6 Å². The third kappa shape index (κ3) is 3.56. The van der Waals surface area contributed by atoms with Crippen molar-refractivity contribution in [3.63, 3.8) is 0 Å². The van der Waals surface area contributed by atoms with Gasteiger partial charge in [-0.25, -0.2) is 4.39 Å². The van der Waals surface area contributed by atoms with E-state index in [1.165, 1.54) is 44.9 Å². The standard InChI is InChI=1S/C20H26ClF/c1-2-3-4-14-5-6-16-12-17(8-7-15(16)11-14)18-9-10-19(21)20(22)13-18/h2,9-10,13-17H,1,3-8,11-12H2. The Kier molecular flexibility index (Phi) is 5.23. The molecule has 2 fully saturated rings. The number of rotatable bonds is 4. The third-order valence-electron chi connectivity index (χ3n) is 5.92. The minimum Gasteiger partial charge on any atom is -0.205 e. The van der Waals surface area contributed by atoms with Crippen LogP contribution in [0.15, 0.2) is 30.9 Å². The van der Waals surface area contributed by atoms with Crippen molar-refractivity contribution in [3.8, 4) is 0 Å². The molecule has 1 aromatic rings. The highest BCUT2D eigenvalue weighted by Gasteiger charge is 2.35. The van der Waals surface area contributed by atoms with E-state index in [2.05, 4.69) is 12.7 Å². The van der Waals surface area contributed by atoms with Crippen LogP contribution in [0.1, 0.15) is 62.8 Å². The number of hydrogen-bond acceptors (Lipinski definition) is 0. The summed E-state index contributed by atoms with van der Waals surface area (Å²) in [5, 5.41) is 0.236. The summed E-state index contributed by atoms with van der Waals surface area (Å²) < 4.78 is 13.7. The maximum atomic E-state index is 13.7. The minimum absolute atomic E-state index is 0.236. The summed E-state index contributed by atoms with van der Waals surface area (Å²) in [6.07, 6.45) is 12.4. The van der Waals surface area contributed by atoms with E-state index in [1.807, 2.05) is 6.07 Å². The first-order chi connectivity index (χ1) is 10.7. The molecule has 0 N–H and O–H groups in total. The van der Waals surface area contributed by atoms with E-state index in [9.17, 15) is 4.39 Å². The van der Waals surface area contributed by atoms with Crippen LogP contribution >= 0.6 is 11.6 Å². The highest BCUT2D eigenvalue weighted by atomic mass is 35.5. The number of hydrogen-bond donors (Lipinski definition) is 0. The highest BCUT2D eigenvalue weighted by molar-refractivity contribution is 6.30. The minimum atomic E-state index is -0.269. The topological polar surface area (TPSA) is 0 Å². The molecular formula is C20H26ClF. The normalized spacial score (nSPS) is 31.5. The predicted octanol–water partition coefficient (Wildman–Crippen LogP) is 6.75. The monoisotopic (exact) mass is 320 g/mol. The second-order valence-corrected chi connectivity index (χ2v) is 7.66. The van der Waals surface area contributed by atoms with E-state index in [0.29, 0.717) is 5.92 Å². The Bertz CT molecular complexity index is 524. The summed E-state index contributed by atoms with van der Waals surface area (Å²) in [7, 11) is 0. The molecule has 4 atom stereocenters. The molecule has 2 saturated carbocycles. The average Bonchev–Trinajstić information content (AvgIpc) is 2.55. The fourth-order valence-electron chi connectivity index (χ4n) is 4.67. The molecule has 0 aromatic heterocycles. The number of allylic oxidation sites excluding steroid dienone is 1. The molecule has 0 aliphatic heterocycles. The van der Waals surface area contributed by atoms with Crippen LogP contribution in [0.2, 0.25) is 5.02 Å². The lowest BCUT2D eigenvalue weighted by Gasteiger charge is -2.42. The number of halogens is 2. The van der Waals surface area contributed by atoms with E-state index in [4.69, 9.17) is 11.6 Å². The zero-order valence-corrected chi connectivity index (χ0v) is 14.0. The number of benzene rings is 1. The van der Waals surface area contributed by atoms with Crippen molar-refractivity contribution in [1.29, 1.82) is 0 Å². The fourth-order valence-corrected chi connectivity index (χ4v) is 4.79. The average molecular weight is 321 g/mol. The molecule has 22 heavy (non-hydrogen) atoms. The van der Waals surface area contributed by atoms with Gasteiger partial charge in [0.05, 0.1) is 5.02 Å². The summed E-state index contributed by atoms with van der Waals surface area (Å²) in [6, 6.07) is 5.39. The SMILES string of the molecule is C=CCCC1CCC2CC(c3ccc(Cl)c(F)c3)CCC2C1. The second-order valence-electron chi connectivity index (χ2n) is 7.25. The van der Waals surface area contributed by atoms with E-state index in [0.717, 1.165) is 29.7 Å². The Morgan fingerprint density at radius 1 is 1.14 bits per heavy atom.